The van der Waals surface area contributed by atoms with Crippen molar-refractivity contribution in [3.8, 4) is 0 Å². The number of carboxylic acid groups (broad SMARTS) is 1. The molecule has 3 aliphatic heterocycles. The van der Waals surface area contributed by atoms with Crippen LogP contribution in [0.1, 0.15) is 25.7 Å². The highest BCUT2D eigenvalue weighted by atomic mass is 19.4. The summed E-state index contributed by atoms with van der Waals surface area (Å²) < 4.78 is 37.9. The molecule has 4 rings (SSSR count). The second-order valence-corrected chi connectivity index (χ2v) is 7.91. The normalized spacial score (nSPS) is 20.9. The van der Waals surface area contributed by atoms with E-state index in [1.165, 1.54) is 0 Å². The fraction of sp³-hybridized carbons (Fsp3) is 0.650. The van der Waals surface area contributed by atoms with Gasteiger partial charge in [0.15, 0.2) is 0 Å². The summed E-state index contributed by atoms with van der Waals surface area (Å²) in [5.74, 6) is -1.73. The van der Waals surface area contributed by atoms with Crippen LogP contribution in [0.25, 0.3) is 0 Å². The minimum atomic E-state index is -5.08. The van der Waals surface area contributed by atoms with Crippen molar-refractivity contribution in [3.05, 3.63) is 24.4 Å². The van der Waals surface area contributed by atoms with Crippen LogP contribution < -0.4 is 4.90 Å². The van der Waals surface area contributed by atoms with Gasteiger partial charge < -0.3 is 24.5 Å². The van der Waals surface area contributed by atoms with Crippen molar-refractivity contribution in [3.63, 3.8) is 0 Å². The molecule has 11 heteroatoms. The number of aliphatic carboxylic acids is 1. The van der Waals surface area contributed by atoms with Gasteiger partial charge in [-0.05, 0) is 37.8 Å². The van der Waals surface area contributed by atoms with Gasteiger partial charge in [-0.3, -0.25) is 0 Å². The van der Waals surface area contributed by atoms with Gasteiger partial charge in [0.1, 0.15) is 5.82 Å². The Bertz CT molecular complexity index is 749. The number of piperidine rings is 1. The lowest BCUT2D eigenvalue weighted by atomic mass is 9.89. The first-order chi connectivity index (χ1) is 14.7. The van der Waals surface area contributed by atoms with E-state index in [0.717, 1.165) is 77.4 Å². The second-order valence-electron chi connectivity index (χ2n) is 7.91. The zero-order valence-corrected chi connectivity index (χ0v) is 17.2. The van der Waals surface area contributed by atoms with Gasteiger partial charge in [0.05, 0.1) is 12.2 Å². The molecule has 3 aliphatic rings. The average molecular weight is 444 g/mol. The standard InChI is InChI=1S/C18H26N4O2.C2HF3O2/c23-17(20-9-3-4-10-20)21-11-6-18(7-12-21)15-22(13-14-24-18)16-5-1-2-8-19-16;3-2(4,5)1(6)7/h1-2,5,8H,3-4,6-7,9-15H2;(H,6,7). The van der Waals surface area contributed by atoms with Crippen molar-refractivity contribution >= 4 is 17.8 Å². The number of amides is 2. The Morgan fingerprint density at radius 3 is 2.19 bits per heavy atom. The van der Waals surface area contributed by atoms with Crippen LogP contribution in [0.5, 0.6) is 0 Å². The molecule has 31 heavy (non-hydrogen) atoms. The lowest BCUT2D eigenvalue weighted by molar-refractivity contribution is -0.192. The minimum absolute atomic E-state index is 0.127. The lowest BCUT2D eigenvalue weighted by Crippen LogP contribution is -2.58. The van der Waals surface area contributed by atoms with Gasteiger partial charge in [-0.25, -0.2) is 14.6 Å². The summed E-state index contributed by atoms with van der Waals surface area (Å²) in [6.07, 6.45) is 0.873. The van der Waals surface area contributed by atoms with Crippen LogP contribution in [0.15, 0.2) is 24.4 Å². The van der Waals surface area contributed by atoms with Gasteiger partial charge in [0.25, 0.3) is 0 Å². The molecule has 1 aromatic heterocycles. The van der Waals surface area contributed by atoms with Crippen molar-refractivity contribution in [2.45, 2.75) is 37.5 Å². The molecule has 0 unspecified atom stereocenters. The molecule has 2 amide bonds. The van der Waals surface area contributed by atoms with E-state index in [1.54, 1.807) is 0 Å². The first-order valence-electron chi connectivity index (χ1n) is 10.3. The number of carbonyl (C=O) groups is 2. The Balaban J connectivity index is 0.000000339. The molecule has 0 aliphatic carbocycles. The first kappa shape index (κ1) is 23.1. The molecule has 0 atom stereocenters. The molecule has 1 aromatic rings. The predicted octanol–water partition coefficient (Wildman–Crippen LogP) is 2.60. The Kier molecular flexibility index (Phi) is 7.24. The second kappa shape index (κ2) is 9.71. The number of nitrogens with zero attached hydrogens (tertiary/aromatic N) is 4. The van der Waals surface area contributed by atoms with E-state index >= 15 is 0 Å². The Morgan fingerprint density at radius 1 is 1.03 bits per heavy atom. The number of urea groups is 1. The summed E-state index contributed by atoms with van der Waals surface area (Å²) in [6, 6.07) is 6.26. The number of alkyl halides is 3. The van der Waals surface area contributed by atoms with E-state index in [2.05, 4.69) is 16.0 Å². The Morgan fingerprint density at radius 2 is 1.65 bits per heavy atom. The third-order valence-electron chi connectivity index (χ3n) is 5.79. The number of ether oxygens (including phenoxy) is 1. The number of rotatable bonds is 1. The van der Waals surface area contributed by atoms with Crippen molar-refractivity contribution in [1.29, 1.82) is 0 Å². The Labute approximate surface area is 178 Å². The maximum atomic E-state index is 12.5. The summed E-state index contributed by atoms with van der Waals surface area (Å²) in [7, 11) is 0. The topological polar surface area (TPSA) is 86.2 Å². The van der Waals surface area contributed by atoms with E-state index < -0.39 is 12.1 Å². The van der Waals surface area contributed by atoms with E-state index in [4.69, 9.17) is 14.6 Å². The Hall–Kier alpha value is -2.56. The van der Waals surface area contributed by atoms with Gasteiger partial charge in [-0.2, -0.15) is 13.2 Å². The highest BCUT2D eigenvalue weighted by Gasteiger charge is 2.41. The van der Waals surface area contributed by atoms with E-state index in [9.17, 15) is 18.0 Å². The zero-order chi connectivity index (χ0) is 22.5. The number of hydrogen-bond acceptors (Lipinski definition) is 5. The van der Waals surface area contributed by atoms with Gasteiger partial charge in [0, 0.05) is 45.5 Å². The maximum absolute atomic E-state index is 12.5. The molecule has 3 fully saturated rings. The number of carbonyl (C=O) groups excluding carboxylic acids is 1. The minimum Gasteiger partial charge on any atom is -0.475 e. The maximum Gasteiger partial charge on any atom is 0.490 e. The average Bonchev–Trinajstić information content (AvgIpc) is 3.29. The molecule has 0 aromatic carbocycles. The fourth-order valence-electron chi connectivity index (χ4n) is 4.10. The lowest BCUT2D eigenvalue weighted by Gasteiger charge is -2.47. The molecular weight excluding hydrogens is 417 g/mol. The number of anilines is 1. The van der Waals surface area contributed by atoms with Crippen molar-refractivity contribution in [1.82, 2.24) is 14.8 Å². The molecule has 3 saturated heterocycles. The third-order valence-corrected chi connectivity index (χ3v) is 5.79. The monoisotopic (exact) mass is 444 g/mol. The molecule has 1 spiro atoms. The van der Waals surface area contributed by atoms with Crippen LogP contribution in [0.2, 0.25) is 0 Å². The SMILES string of the molecule is O=C(N1CCCC1)N1CCC2(CC1)CN(c1ccccn1)CCO2.O=C(O)C(F)(F)F. The van der Waals surface area contributed by atoms with Crippen LogP contribution in [0.3, 0.4) is 0 Å². The number of halogens is 3. The van der Waals surface area contributed by atoms with Gasteiger partial charge in [-0.1, -0.05) is 6.07 Å². The number of hydrogen-bond donors (Lipinski definition) is 1. The van der Waals surface area contributed by atoms with Gasteiger partial charge in [0.2, 0.25) is 0 Å². The van der Waals surface area contributed by atoms with Crippen LogP contribution in [0, 0.1) is 0 Å². The van der Waals surface area contributed by atoms with Crippen LogP contribution in [0.4, 0.5) is 23.8 Å². The largest absolute Gasteiger partial charge is 0.490 e. The molecule has 4 heterocycles. The van der Waals surface area contributed by atoms with Crippen LogP contribution in [-0.2, 0) is 9.53 Å². The molecule has 8 nitrogen and oxygen atoms in total. The highest BCUT2D eigenvalue weighted by molar-refractivity contribution is 5.75. The number of pyridine rings is 1. The van der Waals surface area contributed by atoms with Crippen molar-refractivity contribution in [2.75, 3.05) is 50.8 Å². The molecule has 1 N–H and O–H groups in total. The third kappa shape index (κ3) is 5.99. The highest BCUT2D eigenvalue weighted by Crippen LogP contribution is 2.32. The van der Waals surface area contributed by atoms with E-state index in [1.807, 2.05) is 28.1 Å². The summed E-state index contributed by atoms with van der Waals surface area (Å²) in [5, 5.41) is 7.12. The van der Waals surface area contributed by atoms with Crippen molar-refractivity contribution < 1.29 is 32.6 Å². The molecule has 172 valence electrons. The van der Waals surface area contributed by atoms with E-state index in [-0.39, 0.29) is 11.6 Å². The molecular formula is C20H27F3N4O4. The van der Waals surface area contributed by atoms with Gasteiger partial charge in [-0.15, -0.1) is 0 Å². The smallest absolute Gasteiger partial charge is 0.475 e. The summed E-state index contributed by atoms with van der Waals surface area (Å²) in [6.45, 7) is 5.92. The van der Waals surface area contributed by atoms with Crippen LogP contribution in [-0.4, -0.2) is 89.5 Å². The number of carboxylic acids is 1. The summed E-state index contributed by atoms with van der Waals surface area (Å²) in [4.78, 5) is 32.3. The summed E-state index contributed by atoms with van der Waals surface area (Å²) in [5.41, 5.74) is -0.127. The quantitative estimate of drug-likeness (QED) is 0.717. The number of morpholine rings is 1. The first-order valence-corrected chi connectivity index (χ1v) is 10.3. The zero-order valence-electron chi connectivity index (χ0n) is 17.2. The fourth-order valence-corrected chi connectivity index (χ4v) is 4.10. The van der Waals surface area contributed by atoms with Crippen LogP contribution >= 0.6 is 0 Å². The molecule has 0 radical (unpaired) electrons. The van der Waals surface area contributed by atoms with Gasteiger partial charge >= 0.3 is 18.2 Å². The summed E-state index contributed by atoms with van der Waals surface area (Å²) >= 11 is 0. The number of aromatic nitrogens is 1. The molecule has 0 saturated carbocycles. The van der Waals surface area contributed by atoms with E-state index in [0.29, 0.717) is 0 Å². The van der Waals surface area contributed by atoms with Crippen molar-refractivity contribution in [2.24, 2.45) is 0 Å². The predicted molar refractivity (Wildman–Crippen MR) is 106 cm³/mol. The molecule has 0 bridgehead atoms. The number of likely N-dealkylation sites (tertiary alicyclic amines) is 2.